The van der Waals surface area contributed by atoms with E-state index in [1.807, 2.05) is 6.92 Å². The van der Waals surface area contributed by atoms with Crippen LogP contribution in [0.15, 0.2) is 30.5 Å². The minimum absolute atomic E-state index is 0.121. The number of aromatic nitrogens is 2. The molecule has 1 aromatic heterocycles. The number of piperidine rings is 1. The lowest BCUT2D eigenvalue weighted by atomic mass is 10.0. The second kappa shape index (κ2) is 8.70. The molecule has 1 aromatic carbocycles. The van der Waals surface area contributed by atoms with Crippen molar-refractivity contribution in [3.63, 3.8) is 0 Å². The second-order valence-electron chi connectivity index (χ2n) is 8.61. The second-order valence-corrected chi connectivity index (χ2v) is 8.61. The van der Waals surface area contributed by atoms with Crippen molar-refractivity contribution in [3.05, 3.63) is 51.7 Å². The van der Waals surface area contributed by atoms with Gasteiger partial charge in [0.15, 0.2) is 0 Å². The Balaban J connectivity index is 1.18. The number of nitro groups is 1. The standard InChI is InChI=1S/C21H25F3N4O4/c1-20(14-27-12-18(28(29)30)25-19(27)32-20)13-26-9-6-17(7-10-26)31-11-8-15-2-4-16(5-3-15)21(22,23)24/h2-5,12,17H,6-11,13-14H2,1H3. The molecule has 11 heteroatoms. The van der Waals surface area contributed by atoms with E-state index in [4.69, 9.17) is 9.47 Å². The molecule has 8 nitrogen and oxygen atoms in total. The fourth-order valence-electron chi connectivity index (χ4n) is 4.27. The van der Waals surface area contributed by atoms with Crippen LogP contribution < -0.4 is 4.74 Å². The van der Waals surface area contributed by atoms with Gasteiger partial charge in [0.05, 0.1) is 24.8 Å². The third kappa shape index (κ3) is 5.21. The summed E-state index contributed by atoms with van der Waals surface area (Å²) in [5.74, 6) is -0.212. The predicted octanol–water partition coefficient (Wildman–Crippen LogP) is 3.68. The monoisotopic (exact) mass is 454 g/mol. The van der Waals surface area contributed by atoms with E-state index in [1.165, 1.54) is 18.3 Å². The average molecular weight is 454 g/mol. The SMILES string of the molecule is CC1(CN2CCC(OCCc3ccc(C(F)(F)F)cc3)CC2)Cn2cc([N+](=O)[O-])nc2O1. The van der Waals surface area contributed by atoms with Crippen molar-refractivity contribution in [2.45, 2.75) is 50.6 Å². The van der Waals surface area contributed by atoms with Gasteiger partial charge in [0.2, 0.25) is 0 Å². The summed E-state index contributed by atoms with van der Waals surface area (Å²) in [5.41, 5.74) is -0.316. The van der Waals surface area contributed by atoms with Crippen LogP contribution >= 0.6 is 0 Å². The minimum Gasteiger partial charge on any atom is -0.436 e. The van der Waals surface area contributed by atoms with Crippen LogP contribution in [0, 0.1) is 10.1 Å². The van der Waals surface area contributed by atoms with Crippen molar-refractivity contribution in [1.82, 2.24) is 14.5 Å². The number of likely N-dealkylation sites (tertiary alicyclic amines) is 1. The Morgan fingerprint density at radius 1 is 1.28 bits per heavy atom. The van der Waals surface area contributed by atoms with Crippen molar-refractivity contribution in [3.8, 4) is 6.01 Å². The summed E-state index contributed by atoms with van der Waals surface area (Å²) >= 11 is 0. The van der Waals surface area contributed by atoms with Gasteiger partial charge in [-0.1, -0.05) is 12.1 Å². The number of fused-ring (bicyclic) bond motifs is 1. The van der Waals surface area contributed by atoms with E-state index < -0.39 is 22.3 Å². The summed E-state index contributed by atoms with van der Waals surface area (Å²) in [7, 11) is 0. The number of benzene rings is 1. The molecule has 0 N–H and O–H groups in total. The molecule has 174 valence electrons. The highest BCUT2D eigenvalue weighted by atomic mass is 19.4. The molecule has 0 saturated carbocycles. The van der Waals surface area contributed by atoms with Crippen LogP contribution in [0.4, 0.5) is 19.0 Å². The molecule has 2 aliphatic heterocycles. The molecule has 2 aromatic rings. The lowest BCUT2D eigenvalue weighted by molar-refractivity contribution is -0.389. The first-order chi connectivity index (χ1) is 15.1. The summed E-state index contributed by atoms with van der Waals surface area (Å²) in [6.45, 7) is 5.31. The maximum absolute atomic E-state index is 12.6. The van der Waals surface area contributed by atoms with Gasteiger partial charge in [-0.25, -0.2) is 0 Å². The van der Waals surface area contributed by atoms with E-state index in [1.54, 1.807) is 4.57 Å². The number of halogens is 3. The predicted molar refractivity (Wildman–Crippen MR) is 108 cm³/mol. The zero-order chi connectivity index (χ0) is 22.9. The molecule has 1 saturated heterocycles. The van der Waals surface area contributed by atoms with Crippen LogP contribution in [0.3, 0.4) is 0 Å². The van der Waals surface area contributed by atoms with Gasteiger partial charge in [0, 0.05) is 24.6 Å². The number of nitrogens with zero attached hydrogens (tertiary/aromatic N) is 4. The van der Waals surface area contributed by atoms with Crippen LogP contribution in [0.5, 0.6) is 6.01 Å². The molecule has 0 amide bonds. The first-order valence-corrected chi connectivity index (χ1v) is 10.5. The highest BCUT2D eigenvalue weighted by Crippen LogP contribution is 2.32. The Morgan fingerprint density at radius 2 is 1.97 bits per heavy atom. The molecular weight excluding hydrogens is 429 g/mol. The lowest BCUT2D eigenvalue weighted by Gasteiger charge is -2.36. The van der Waals surface area contributed by atoms with E-state index in [-0.39, 0.29) is 17.9 Å². The van der Waals surface area contributed by atoms with Crippen molar-refractivity contribution in [2.75, 3.05) is 26.2 Å². The summed E-state index contributed by atoms with van der Waals surface area (Å²) in [4.78, 5) is 16.5. The topological polar surface area (TPSA) is 82.7 Å². The number of ether oxygens (including phenoxy) is 2. The minimum atomic E-state index is -4.32. The van der Waals surface area contributed by atoms with Gasteiger partial charge in [-0.2, -0.15) is 13.2 Å². The summed E-state index contributed by atoms with van der Waals surface area (Å²) in [6, 6.07) is 5.47. The van der Waals surface area contributed by atoms with E-state index in [0.717, 1.165) is 43.6 Å². The fraction of sp³-hybridized carbons (Fsp3) is 0.571. The van der Waals surface area contributed by atoms with E-state index >= 15 is 0 Å². The Kier molecular flexibility index (Phi) is 6.13. The van der Waals surface area contributed by atoms with Gasteiger partial charge in [-0.15, -0.1) is 0 Å². The normalized spacial score (nSPS) is 22.0. The maximum Gasteiger partial charge on any atom is 0.416 e. The molecule has 0 radical (unpaired) electrons. The smallest absolute Gasteiger partial charge is 0.416 e. The van der Waals surface area contributed by atoms with Crippen molar-refractivity contribution >= 4 is 5.82 Å². The van der Waals surface area contributed by atoms with Gasteiger partial charge in [-0.3, -0.25) is 9.47 Å². The molecule has 32 heavy (non-hydrogen) atoms. The number of alkyl halides is 3. The lowest BCUT2D eigenvalue weighted by Crippen LogP contribution is -2.48. The Hall–Kier alpha value is -2.66. The average Bonchev–Trinajstić information content (AvgIpc) is 3.24. The molecular formula is C21H25F3N4O4. The van der Waals surface area contributed by atoms with Crippen molar-refractivity contribution < 1.29 is 27.6 Å². The zero-order valence-corrected chi connectivity index (χ0v) is 17.7. The van der Waals surface area contributed by atoms with Crippen molar-refractivity contribution in [2.24, 2.45) is 0 Å². The third-order valence-electron chi connectivity index (χ3n) is 5.87. The van der Waals surface area contributed by atoms with Gasteiger partial charge in [-0.05, 0) is 48.8 Å². The fourth-order valence-corrected chi connectivity index (χ4v) is 4.27. The zero-order valence-electron chi connectivity index (χ0n) is 17.7. The third-order valence-corrected chi connectivity index (χ3v) is 5.87. The Labute approximate surface area is 183 Å². The van der Waals surface area contributed by atoms with Crippen LogP contribution in [0.25, 0.3) is 0 Å². The highest BCUT2D eigenvalue weighted by Gasteiger charge is 2.42. The molecule has 2 aliphatic rings. The van der Waals surface area contributed by atoms with E-state index in [9.17, 15) is 23.3 Å². The molecule has 1 fully saturated rings. The molecule has 3 heterocycles. The molecule has 0 bridgehead atoms. The van der Waals surface area contributed by atoms with Crippen molar-refractivity contribution in [1.29, 1.82) is 0 Å². The van der Waals surface area contributed by atoms with Crippen LogP contribution in [0.2, 0.25) is 0 Å². The largest absolute Gasteiger partial charge is 0.436 e. The maximum atomic E-state index is 12.6. The molecule has 4 rings (SSSR count). The Bertz CT molecular complexity index is 929. The van der Waals surface area contributed by atoms with Gasteiger partial charge < -0.3 is 19.6 Å². The van der Waals surface area contributed by atoms with Gasteiger partial charge in [0.25, 0.3) is 0 Å². The first kappa shape index (κ1) is 22.5. The molecule has 1 atom stereocenters. The molecule has 0 spiro atoms. The van der Waals surface area contributed by atoms with E-state index in [0.29, 0.717) is 26.1 Å². The van der Waals surface area contributed by atoms with Gasteiger partial charge in [0.1, 0.15) is 11.8 Å². The number of rotatable bonds is 7. The Morgan fingerprint density at radius 3 is 2.56 bits per heavy atom. The molecule has 0 aliphatic carbocycles. The van der Waals surface area contributed by atoms with Crippen LogP contribution in [-0.2, 0) is 23.9 Å². The first-order valence-electron chi connectivity index (χ1n) is 10.5. The number of hydrogen-bond donors (Lipinski definition) is 0. The van der Waals surface area contributed by atoms with Crippen LogP contribution in [-0.4, -0.2) is 57.3 Å². The quantitative estimate of drug-likeness (QED) is 0.469. The van der Waals surface area contributed by atoms with Crippen LogP contribution in [0.1, 0.15) is 30.9 Å². The summed E-state index contributed by atoms with van der Waals surface area (Å²) in [5, 5.41) is 10.8. The van der Waals surface area contributed by atoms with Gasteiger partial charge >= 0.3 is 18.0 Å². The molecule has 1 unspecified atom stereocenters. The highest BCUT2D eigenvalue weighted by molar-refractivity contribution is 5.25. The summed E-state index contributed by atoms with van der Waals surface area (Å²) < 4.78 is 51.4. The van der Waals surface area contributed by atoms with E-state index in [2.05, 4.69) is 9.88 Å². The summed E-state index contributed by atoms with van der Waals surface area (Å²) in [6.07, 6.45) is -0.504. The number of hydrogen-bond acceptors (Lipinski definition) is 6. The number of imidazole rings is 1.